The Morgan fingerprint density at radius 1 is 1.02 bits per heavy atom. The molecule has 1 aliphatic heterocycles. The molecular weight excluding hydrogens is 547 g/mol. The van der Waals surface area contributed by atoms with Crippen LogP contribution in [0.15, 0.2) is 83.8 Å². The maximum Gasteiger partial charge on any atom is 0.267 e. The predicted octanol–water partition coefficient (Wildman–Crippen LogP) is 4.46. The average Bonchev–Trinajstić information content (AvgIpc) is 3.38. The Hall–Kier alpha value is -4.83. The molecule has 1 aliphatic rings. The van der Waals surface area contributed by atoms with Crippen molar-refractivity contribution in [1.29, 1.82) is 0 Å². The summed E-state index contributed by atoms with van der Waals surface area (Å²) in [4.78, 5) is 33.5. The molecule has 1 saturated heterocycles. The maximum absolute atomic E-state index is 13.6. The zero-order valence-electron chi connectivity index (χ0n) is 24.2. The molecule has 2 aromatic carbocycles. The van der Waals surface area contributed by atoms with Crippen LogP contribution in [0.3, 0.4) is 0 Å². The number of carbonyl (C=O) groups is 1. The zero-order chi connectivity index (χ0) is 29.9. The zero-order valence-corrected chi connectivity index (χ0v) is 24.2. The van der Waals surface area contributed by atoms with Crippen LogP contribution < -0.4 is 15.6 Å². The van der Waals surface area contributed by atoms with Gasteiger partial charge in [0.2, 0.25) is 0 Å². The van der Waals surface area contributed by atoms with Crippen LogP contribution in [0.5, 0.6) is 5.75 Å². The highest BCUT2D eigenvalue weighted by atomic mass is 19.1. The largest absolute Gasteiger partial charge is 0.480 e. The summed E-state index contributed by atoms with van der Waals surface area (Å²) in [5.74, 6) is -0.201. The van der Waals surface area contributed by atoms with E-state index in [1.165, 1.54) is 22.1 Å². The molecule has 0 spiro atoms. The molecule has 220 valence electrons. The fourth-order valence-corrected chi connectivity index (χ4v) is 5.58. The molecule has 4 heterocycles. The molecule has 3 aromatic heterocycles. The van der Waals surface area contributed by atoms with Gasteiger partial charge in [0.25, 0.3) is 11.5 Å². The van der Waals surface area contributed by atoms with Gasteiger partial charge in [-0.3, -0.25) is 18.9 Å². The van der Waals surface area contributed by atoms with Crippen LogP contribution in [-0.4, -0.2) is 55.7 Å². The molecule has 0 saturated carbocycles. The summed E-state index contributed by atoms with van der Waals surface area (Å²) in [5, 5.41) is 7.71. The van der Waals surface area contributed by atoms with Crippen molar-refractivity contribution in [2.45, 2.75) is 39.3 Å². The number of carbonyl (C=O) groups excluding carboxylic acids is 1. The number of benzene rings is 2. The number of piperidine rings is 1. The molecule has 0 bridgehead atoms. The standard InChI is InChI=1S/C33H33FN6O3/c1-22-19-28(37-40(22)27-12-10-25(34)11-13-27)31-23(2)35-32-29(9-6-16-39(32)33(31)42)43-21-30(41)36-26-14-17-38(18-15-26)20-24-7-4-3-5-8-24/h3-13,16,19,26H,14-15,17-18,20-21H2,1-2H3,(H,36,41). The van der Waals surface area contributed by atoms with Gasteiger partial charge in [-0.1, -0.05) is 30.3 Å². The number of likely N-dealkylation sites (tertiary alicyclic amines) is 1. The van der Waals surface area contributed by atoms with Gasteiger partial charge < -0.3 is 10.1 Å². The number of aromatic nitrogens is 4. The number of hydrogen-bond acceptors (Lipinski definition) is 6. The van der Waals surface area contributed by atoms with Crippen molar-refractivity contribution < 1.29 is 13.9 Å². The first-order valence-electron chi connectivity index (χ1n) is 14.4. The lowest BCUT2D eigenvalue weighted by atomic mass is 10.0. The molecule has 6 rings (SSSR count). The second-order valence-corrected chi connectivity index (χ2v) is 10.9. The first-order chi connectivity index (χ1) is 20.9. The van der Waals surface area contributed by atoms with Crippen molar-refractivity contribution >= 4 is 11.6 Å². The van der Waals surface area contributed by atoms with Gasteiger partial charge in [-0.25, -0.2) is 14.1 Å². The van der Waals surface area contributed by atoms with E-state index in [-0.39, 0.29) is 29.9 Å². The van der Waals surface area contributed by atoms with Crippen LogP contribution >= 0.6 is 0 Å². The molecule has 1 amide bonds. The normalized spacial score (nSPS) is 14.2. The molecule has 43 heavy (non-hydrogen) atoms. The third kappa shape index (κ3) is 6.19. The molecule has 10 heteroatoms. The number of halogens is 1. The highest BCUT2D eigenvalue weighted by Crippen LogP contribution is 2.24. The van der Waals surface area contributed by atoms with Crippen molar-refractivity contribution in [3.8, 4) is 22.7 Å². The minimum atomic E-state index is -0.336. The molecule has 0 aliphatic carbocycles. The SMILES string of the molecule is Cc1nc2c(OCC(=O)NC3CCN(Cc4ccccc4)CC3)cccn2c(=O)c1-c1cc(C)n(-c2ccc(F)cc2)n1. The van der Waals surface area contributed by atoms with Crippen molar-refractivity contribution in [1.82, 2.24) is 29.4 Å². The number of ether oxygens (including phenoxy) is 1. The van der Waals surface area contributed by atoms with E-state index in [1.807, 2.05) is 13.0 Å². The van der Waals surface area contributed by atoms with Crippen molar-refractivity contribution in [3.63, 3.8) is 0 Å². The summed E-state index contributed by atoms with van der Waals surface area (Å²) in [5.41, 5.74) is 4.09. The number of aryl methyl sites for hydroxylation is 2. The van der Waals surface area contributed by atoms with Gasteiger partial charge in [0.15, 0.2) is 18.0 Å². The van der Waals surface area contributed by atoms with E-state index in [4.69, 9.17) is 4.74 Å². The monoisotopic (exact) mass is 580 g/mol. The molecule has 1 N–H and O–H groups in total. The third-order valence-corrected chi connectivity index (χ3v) is 7.77. The summed E-state index contributed by atoms with van der Waals surface area (Å²) in [6.07, 6.45) is 3.37. The number of nitrogens with zero attached hydrogens (tertiary/aromatic N) is 5. The Kier molecular flexibility index (Phi) is 8.02. The first-order valence-corrected chi connectivity index (χ1v) is 14.4. The number of amides is 1. The summed E-state index contributed by atoms with van der Waals surface area (Å²) in [6, 6.07) is 21.7. The number of nitrogens with one attached hydrogen (secondary N) is 1. The van der Waals surface area contributed by atoms with E-state index in [0.717, 1.165) is 38.2 Å². The van der Waals surface area contributed by atoms with Gasteiger partial charge in [0.05, 0.1) is 16.9 Å². The first kappa shape index (κ1) is 28.3. The second kappa shape index (κ2) is 12.2. The van der Waals surface area contributed by atoms with Crippen LogP contribution in [-0.2, 0) is 11.3 Å². The summed E-state index contributed by atoms with van der Waals surface area (Å²) in [7, 11) is 0. The predicted molar refractivity (Wildman–Crippen MR) is 162 cm³/mol. The van der Waals surface area contributed by atoms with Crippen molar-refractivity contribution in [2.75, 3.05) is 19.7 Å². The van der Waals surface area contributed by atoms with Crippen molar-refractivity contribution in [2.24, 2.45) is 0 Å². The van der Waals surface area contributed by atoms with Crippen LogP contribution in [0, 0.1) is 19.7 Å². The lowest BCUT2D eigenvalue weighted by Gasteiger charge is -2.32. The Balaban J connectivity index is 1.12. The lowest BCUT2D eigenvalue weighted by molar-refractivity contribution is -0.124. The smallest absolute Gasteiger partial charge is 0.267 e. The summed E-state index contributed by atoms with van der Waals surface area (Å²) in [6.45, 7) is 6.18. The number of rotatable bonds is 8. The van der Waals surface area contributed by atoms with Crippen LogP contribution in [0.25, 0.3) is 22.6 Å². The number of pyridine rings is 1. The summed E-state index contributed by atoms with van der Waals surface area (Å²) < 4.78 is 22.4. The van der Waals surface area contributed by atoms with E-state index in [1.54, 1.807) is 48.1 Å². The Bertz CT molecular complexity index is 1810. The van der Waals surface area contributed by atoms with Gasteiger partial charge in [-0.05, 0) is 74.7 Å². The Morgan fingerprint density at radius 3 is 2.51 bits per heavy atom. The van der Waals surface area contributed by atoms with E-state index in [0.29, 0.717) is 34.0 Å². The molecule has 0 atom stereocenters. The molecule has 1 fully saturated rings. The van der Waals surface area contributed by atoms with E-state index in [2.05, 4.69) is 44.6 Å². The maximum atomic E-state index is 13.6. The fourth-order valence-electron chi connectivity index (χ4n) is 5.58. The van der Waals surface area contributed by atoms with E-state index >= 15 is 0 Å². The molecule has 5 aromatic rings. The van der Waals surface area contributed by atoms with E-state index in [9.17, 15) is 14.0 Å². The minimum absolute atomic E-state index is 0.0966. The van der Waals surface area contributed by atoms with Gasteiger partial charge in [0.1, 0.15) is 11.5 Å². The summed E-state index contributed by atoms with van der Waals surface area (Å²) >= 11 is 0. The van der Waals surface area contributed by atoms with Crippen LogP contribution in [0.2, 0.25) is 0 Å². The highest BCUT2D eigenvalue weighted by molar-refractivity contribution is 5.78. The average molecular weight is 581 g/mol. The van der Waals surface area contributed by atoms with Gasteiger partial charge in [-0.15, -0.1) is 0 Å². The highest BCUT2D eigenvalue weighted by Gasteiger charge is 2.22. The van der Waals surface area contributed by atoms with Crippen molar-refractivity contribution in [3.05, 3.63) is 112 Å². The number of hydrogen-bond donors (Lipinski definition) is 1. The van der Waals surface area contributed by atoms with Crippen LogP contribution in [0.4, 0.5) is 4.39 Å². The number of fused-ring (bicyclic) bond motifs is 1. The van der Waals surface area contributed by atoms with Gasteiger partial charge in [0, 0.05) is 37.6 Å². The Morgan fingerprint density at radius 2 is 1.77 bits per heavy atom. The molecule has 9 nitrogen and oxygen atoms in total. The second-order valence-electron chi connectivity index (χ2n) is 10.9. The lowest BCUT2D eigenvalue weighted by Crippen LogP contribution is -2.45. The fraction of sp³-hybridized carbons (Fsp3) is 0.273. The van der Waals surface area contributed by atoms with Gasteiger partial charge >= 0.3 is 0 Å². The Labute approximate surface area is 248 Å². The topological polar surface area (TPSA) is 93.8 Å². The van der Waals surface area contributed by atoms with E-state index < -0.39 is 0 Å². The molecule has 0 radical (unpaired) electrons. The van der Waals surface area contributed by atoms with Crippen LogP contribution in [0.1, 0.15) is 29.8 Å². The molecular formula is C33H33FN6O3. The molecule has 0 unspecified atom stereocenters. The third-order valence-electron chi connectivity index (χ3n) is 7.77. The van der Waals surface area contributed by atoms with Gasteiger partial charge in [-0.2, -0.15) is 5.10 Å². The minimum Gasteiger partial charge on any atom is -0.480 e. The quantitative estimate of drug-likeness (QED) is 0.291.